The monoisotopic (exact) mass is 226 g/mol. The second-order valence-electron chi connectivity index (χ2n) is 3.44. The van der Waals surface area contributed by atoms with Crippen molar-refractivity contribution in [2.45, 2.75) is 6.92 Å². The zero-order valence-electron chi connectivity index (χ0n) is 9.08. The zero-order valence-corrected chi connectivity index (χ0v) is 9.84. The maximum Gasteiger partial charge on any atom is 0.213 e. The van der Waals surface area contributed by atoms with E-state index in [-0.39, 0.29) is 0 Å². The first kappa shape index (κ1) is 11.7. The van der Waals surface area contributed by atoms with Gasteiger partial charge in [-0.05, 0) is 30.7 Å². The molecule has 0 unspecified atom stereocenters. The first-order valence-corrected chi connectivity index (χ1v) is 4.91. The number of hydrazone groups is 1. The summed E-state index contributed by atoms with van der Waals surface area (Å²) >= 11 is 5.83. The molecule has 0 saturated heterocycles. The quantitative estimate of drug-likeness (QED) is 0.460. The van der Waals surface area contributed by atoms with Crippen LogP contribution in [0.3, 0.4) is 0 Å². The lowest BCUT2D eigenvalue weighted by atomic mass is 10.2. The van der Waals surface area contributed by atoms with Crippen molar-refractivity contribution in [1.82, 2.24) is 4.90 Å². The van der Waals surface area contributed by atoms with Gasteiger partial charge in [0.15, 0.2) is 0 Å². The Bertz CT molecular complexity index is 374. The fourth-order valence-corrected chi connectivity index (χ4v) is 1.20. The zero-order chi connectivity index (χ0) is 11.4. The Kier molecular flexibility index (Phi) is 3.80. The van der Waals surface area contributed by atoms with E-state index in [4.69, 9.17) is 17.3 Å². The van der Waals surface area contributed by atoms with Gasteiger partial charge in [-0.3, -0.25) is 5.43 Å². The van der Waals surface area contributed by atoms with Crippen LogP contribution in [0.2, 0.25) is 5.02 Å². The maximum absolute atomic E-state index is 5.83. The first-order chi connectivity index (χ1) is 7.00. The lowest BCUT2D eigenvalue weighted by Gasteiger charge is -2.11. The van der Waals surface area contributed by atoms with Crippen LogP contribution < -0.4 is 11.2 Å². The Labute approximate surface area is 94.7 Å². The molecule has 15 heavy (non-hydrogen) atoms. The number of nitrogens with two attached hydrogens (primary N) is 1. The minimum atomic E-state index is 0.421. The van der Waals surface area contributed by atoms with Gasteiger partial charge in [0.2, 0.25) is 5.96 Å². The molecule has 0 aliphatic rings. The van der Waals surface area contributed by atoms with Crippen LogP contribution in [0, 0.1) is 6.92 Å². The van der Waals surface area contributed by atoms with Gasteiger partial charge in [0.1, 0.15) is 0 Å². The maximum atomic E-state index is 5.83. The molecular formula is C10H15ClN4. The van der Waals surface area contributed by atoms with E-state index < -0.39 is 0 Å². The van der Waals surface area contributed by atoms with Gasteiger partial charge in [0, 0.05) is 19.1 Å². The molecule has 0 bridgehead atoms. The molecule has 0 spiro atoms. The van der Waals surface area contributed by atoms with Crippen molar-refractivity contribution in [2.75, 3.05) is 19.5 Å². The smallest absolute Gasteiger partial charge is 0.213 e. The van der Waals surface area contributed by atoms with E-state index in [9.17, 15) is 0 Å². The van der Waals surface area contributed by atoms with Crippen molar-refractivity contribution < 1.29 is 0 Å². The van der Waals surface area contributed by atoms with Gasteiger partial charge in [-0.1, -0.05) is 11.6 Å². The molecule has 0 saturated carbocycles. The number of hydrogen-bond acceptors (Lipinski definition) is 2. The largest absolute Gasteiger partial charge is 0.368 e. The summed E-state index contributed by atoms with van der Waals surface area (Å²) in [6.45, 7) is 1.95. The second kappa shape index (κ2) is 4.89. The summed E-state index contributed by atoms with van der Waals surface area (Å²) in [5, 5.41) is 4.72. The van der Waals surface area contributed by atoms with Gasteiger partial charge in [0.05, 0.1) is 5.69 Å². The third-order valence-electron chi connectivity index (χ3n) is 1.94. The average molecular weight is 227 g/mol. The lowest BCUT2D eigenvalue weighted by molar-refractivity contribution is 0.613. The van der Waals surface area contributed by atoms with E-state index >= 15 is 0 Å². The molecular weight excluding hydrogens is 212 g/mol. The molecule has 0 aliphatic carbocycles. The summed E-state index contributed by atoms with van der Waals surface area (Å²) in [6, 6.07) is 5.54. The number of benzene rings is 1. The summed E-state index contributed by atoms with van der Waals surface area (Å²) < 4.78 is 0. The Balaban J connectivity index is 2.78. The number of guanidine groups is 1. The molecule has 82 valence electrons. The number of nitrogens with one attached hydrogen (secondary N) is 1. The van der Waals surface area contributed by atoms with Crippen LogP contribution in [-0.4, -0.2) is 25.0 Å². The molecule has 0 aromatic heterocycles. The Morgan fingerprint density at radius 3 is 2.67 bits per heavy atom. The van der Waals surface area contributed by atoms with Crippen molar-refractivity contribution in [2.24, 2.45) is 10.8 Å². The summed E-state index contributed by atoms with van der Waals surface area (Å²) in [6.07, 6.45) is 0. The van der Waals surface area contributed by atoms with E-state index in [0.29, 0.717) is 11.0 Å². The van der Waals surface area contributed by atoms with E-state index in [1.54, 1.807) is 11.0 Å². The predicted molar refractivity (Wildman–Crippen MR) is 65.1 cm³/mol. The van der Waals surface area contributed by atoms with Gasteiger partial charge in [-0.2, -0.15) is 0 Å². The topological polar surface area (TPSA) is 53.6 Å². The third-order valence-corrected chi connectivity index (χ3v) is 2.17. The molecule has 0 radical (unpaired) electrons. The Hall–Kier alpha value is -1.42. The third kappa shape index (κ3) is 3.32. The van der Waals surface area contributed by atoms with Gasteiger partial charge in [0.25, 0.3) is 0 Å². The molecule has 0 aliphatic heterocycles. The predicted octanol–water partition coefficient (Wildman–Crippen LogP) is 1.85. The highest BCUT2D eigenvalue weighted by Crippen LogP contribution is 2.19. The van der Waals surface area contributed by atoms with Gasteiger partial charge in [-0.15, -0.1) is 5.10 Å². The SMILES string of the molecule is Cc1cc(Cl)ccc1N/N=C(\N)N(C)C. The number of nitrogens with zero attached hydrogens (tertiary/aromatic N) is 2. The molecule has 4 nitrogen and oxygen atoms in total. The van der Waals surface area contributed by atoms with Crippen LogP contribution >= 0.6 is 11.6 Å². The van der Waals surface area contributed by atoms with Crippen LogP contribution in [-0.2, 0) is 0 Å². The van der Waals surface area contributed by atoms with Crippen molar-refractivity contribution in [3.05, 3.63) is 28.8 Å². The number of rotatable bonds is 2. The molecule has 1 aromatic carbocycles. The number of aryl methyl sites for hydroxylation is 1. The van der Waals surface area contributed by atoms with E-state index in [1.165, 1.54) is 0 Å². The molecule has 5 heteroatoms. The summed E-state index contributed by atoms with van der Waals surface area (Å²) in [5.41, 5.74) is 10.4. The highest BCUT2D eigenvalue weighted by atomic mass is 35.5. The molecule has 0 atom stereocenters. The van der Waals surface area contributed by atoms with Gasteiger partial charge >= 0.3 is 0 Å². The number of hydrogen-bond donors (Lipinski definition) is 2. The van der Waals surface area contributed by atoms with Crippen molar-refractivity contribution in [1.29, 1.82) is 0 Å². The standard InChI is InChI=1S/C10H15ClN4/c1-7-6-8(11)4-5-9(7)13-14-10(12)15(2)3/h4-6,13H,1-3H3,(H2,12,14). The molecule has 1 aromatic rings. The Morgan fingerprint density at radius 1 is 1.47 bits per heavy atom. The molecule has 1 rings (SSSR count). The molecule has 0 amide bonds. The highest BCUT2D eigenvalue weighted by molar-refractivity contribution is 6.30. The van der Waals surface area contributed by atoms with Crippen LogP contribution in [0.15, 0.2) is 23.3 Å². The van der Waals surface area contributed by atoms with Crippen LogP contribution in [0.4, 0.5) is 5.69 Å². The second-order valence-corrected chi connectivity index (χ2v) is 3.87. The average Bonchev–Trinajstić information content (AvgIpc) is 2.15. The van der Waals surface area contributed by atoms with E-state index in [1.807, 2.05) is 33.2 Å². The lowest BCUT2D eigenvalue weighted by Crippen LogP contribution is -2.31. The fraction of sp³-hybridized carbons (Fsp3) is 0.300. The molecule has 0 heterocycles. The highest BCUT2D eigenvalue weighted by Gasteiger charge is 1.98. The fourth-order valence-electron chi connectivity index (χ4n) is 0.970. The van der Waals surface area contributed by atoms with Crippen molar-refractivity contribution >= 4 is 23.2 Å². The summed E-state index contributed by atoms with van der Waals surface area (Å²) in [5.74, 6) is 0.421. The van der Waals surface area contributed by atoms with Crippen LogP contribution in [0.5, 0.6) is 0 Å². The number of anilines is 1. The minimum Gasteiger partial charge on any atom is -0.368 e. The Morgan fingerprint density at radius 2 is 2.13 bits per heavy atom. The van der Waals surface area contributed by atoms with Crippen molar-refractivity contribution in [3.8, 4) is 0 Å². The summed E-state index contributed by atoms with van der Waals surface area (Å²) in [4.78, 5) is 1.72. The van der Waals surface area contributed by atoms with Gasteiger partial charge < -0.3 is 10.6 Å². The van der Waals surface area contributed by atoms with E-state index in [0.717, 1.165) is 11.3 Å². The minimum absolute atomic E-state index is 0.421. The first-order valence-electron chi connectivity index (χ1n) is 4.53. The number of halogens is 1. The van der Waals surface area contributed by atoms with Gasteiger partial charge in [-0.25, -0.2) is 0 Å². The molecule has 3 N–H and O–H groups in total. The van der Waals surface area contributed by atoms with Crippen molar-refractivity contribution in [3.63, 3.8) is 0 Å². The van der Waals surface area contributed by atoms with Crippen LogP contribution in [0.25, 0.3) is 0 Å². The van der Waals surface area contributed by atoms with E-state index in [2.05, 4.69) is 10.5 Å². The normalized spacial score (nSPS) is 11.3. The summed E-state index contributed by atoms with van der Waals surface area (Å²) in [7, 11) is 3.66. The molecule has 0 fully saturated rings. The van der Waals surface area contributed by atoms with Crippen LogP contribution in [0.1, 0.15) is 5.56 Å².